The van der Waals surface area contributed by atoms with Crippen molar-refractivity contribution in [2.75, 3.05) is 0 Å². The number of halogens is 4. The molecule has 1 saturated carbocycles. The van der Waals surface area contributed by atoms with Crippen LogP contribution in [0.15, 0.2) is 59.6 Å². The van der Waals surface area contributed by atoms with Crippen LogP contribution in [0.1, 0.15) is 25.6 Å². The van der Waals surface area contributed by atoms with Crippen molar-refractivity contribution in [2.45, 2.75) is 26.1 Å². The summed E-state index contributed by atoms with van der Waals surface area (Å²) in [6.45, 7) is 3.27. The highest BCUT2D eigenvalue weighted by atomic mass is 35.5. The fourth-order valence-electron chi connectivity index (χ4n) is 3.28. The molecule has 0 bridgehead atoms. The third kappa shape index (κ3) is 5.17. The van der Waals surface area contributed by atoms with Crippen LogP contribution in [0.4, 0.5) is 13.2 Å². The van der Waals surface area contributed by atoms with E-state index in [1.54, 1.807) is 50.2 Å². The van der Waals surface area contributed by atoms with E-state index in [1.165, 1.54) is 6.07 Å². The topological polar surface area (TPSA) is 72.2 Å². The molecule has 1 aliphatic rings. The molecule has 0 unspecified atom stereocenters. The number of nitrogens with zero attached hydrogens (tertiary/aromatic N) is 2. The van der Waals surface area contributed by atoms with Gasteiger partial charge in [0.1, 0.15) is 16.9 Å². The van der Waals surface area contributed by atoms with Crippen molar-refractivity contribution < 1.29 is 27.4 Å². The predicted molar refractivity (Wildman–Crippen MR) is 106 cm³/mol. The van der Waals surface area contributed by atoms with Crippen LogP contribution in [0, 0.1) is 28.6 Å². The van der Waals surface area contributed by atoms with Gasteiger partial charge in [0.15, 0.2) is 0 Å². The number of para-hydroxylation sites is 1. The fourth-order valence-corrected chi connectivity index (χ4v) is 3.41. The summed E-state index contributed by atoms with van der Waals surface area (Å²) < 4.78 is 49.0. The van der Waals surface area contributed by atoms with E-state index in [2.05, 4.69) is 4.98 Å². The first-order valence-electron chi connectivity index (χ1n) is 9.28. The third-order valence-electron chi connectivity index (χ3n) is 5.09. The number of allylic oxidation sites excluding steroid dienone is 2. The normalized spacial score (nSPS) is 21.0. The molecule has 162 valence electrons. The summed E-state index contributed by atoms with van der Waals surface area (Å²) in [5, 5.41) is 8.18. The van der Waals surface area contributed by atoms with Crippen molar-refractivity contribution in [1.82, 2.24) is 4.98 Å². The lowest BCUT2D eigenvalue weighted by Crippen LogP contribution is -2.15. The lowest BCUT2D eigenvalue weighted by atomic mass is 10.1. The molecule has 1 fully saturated rings. The molecule has 0 aliphatic heterocycles. The minimum absolute atomic E-state index is 0.142. The van der Waals surface area contributed by atoms with Gasteiger partial charge in [-0.2, -0.15) is 18.4 Å². The number of pyridine rings is 1. The van der Waals surface area contributed by atoms with Crippen LogP contribution in [0.5, 0.6) is 11.6 Å². The second-order valence-electron chi connectivity index (χ2n) is 7.60. The van der Waals surface area contributed by atoms with E-state index < -0.39 is 40.5 Å². The van der Waals surface area contributed by atoms with Crippen LogP contribution in [0.25, 0.3) is 0 Å². The van der Waals surface area contributed by atoms with Crippen LogP contribution in [0.3, 0.4) is 0 Å². The molecule has 0 saturated heterocycles. The van der Waals surface area contributed by atoms with E-state index in [4.69, 9.17) is 21.1 Å². The number of hydrogen-bond donors (Lipinski definition) is 0. The maximum atomic E-state index is 12.7. The van der Waals surface area contributed by atoms with Gasteiger partial charge in [-0.05, 0) is 29.5 Å². The lowest BCUT2D eigenvalue weighted by Gasteiger charge is -2.12. The molecule has 1 aromatic carbocycles. The van der Waals surface area contributed by atoms with Gasteiger partial charge in [0.25, 0.3) is 0 Å². The number of nitriles is 1. The minimum Gasteiger partial charge on any atom is -0.440 e. The van der Waals surface area contributed by atoms with Crippen LogP contribution < -0.4 is 4.74 Å². The molecule has 31 heavy (non-hydrogen) atoms. The van der Waals surface area contributed by atoms with Crippen molar-refractivity contribution in [3.05, 3.63) is 65.3 Å². The molecule has 3 atom stereocenters. The van der Waals surface area contributed by atoms with Crippen LogP contribution >= 0.6 is 11.6 Å². The maximum Gasteiger partial charge on any atom is 0.426 e. The average Bonchev–Trinajstić information content (AvgIpc) is 3.26. The zero-order chi connectivity index (χ0) is 22.8. The molecule has 1 aliphatic carbocycles. The first-order valence-corrected chi connectivity index (χ1v) is 9.66. The second kappa shape index (κ2) is 8.60. The summed E-state index contributed by atoms with van der Waals surface area (Å²) in [7, 11) is 0. The molecular formula is C22H18ClF3N2O3. The van der Waals surface area contributed by atoms with Crippen molar-refractivity contribution in [3.63, 3.8) is 0 Å². The van der Waals surface area contributed by atoms with Gasteiger partial charge >= 0.3 is 12.1 Å². The Labute approximate surface area is 182 Å². The van der Waals surface area contributed by atoms with E-state index in [9.17, 15) is 23.2 Å². The predicted octanol–water partition coefficient (Wildman–Crippen LogP) is 5.94. The Balaban J connectivity index is 1.72. The SMILES string of the molecule is CC1(C)[C@H](C(=O)O[C@@H](C#N)c2cccc(Oc3ccccc3)n2)[C@@H]1C=C(Cl)C(F)(F)F. The van der Waals surface area contributed by atoms with Gasteiger partial charge in [0.05, 0.1) is 11.6 Å². The first kappa shape index (κ1) is 22.6. The van der Waals surface area contributed by atoms with E-state index in [0.717, 1.165) is 6.08 Å². The van der Waals surface area contributed by atoms with Gasteiger partial charge < -0.3 is 9.47 Å². The smallest absolute Gasteiger partial charge is 0.426 e. The number of aromatic nitrogens is 1. The molecule has 9 heteroatoms. The number of hydrogen-bond acceptors (Lipinski definition) is 5. The van der Waals surface area contributed by atoms with E-state index in [1.807, 2.05) is 12.1 Å². The van der Waals surface area contributed by atoms with Gasteiger partial charge in [0.2, 0.25) is 12.0 Å². The van der Waals surface area contributed by atoms with Crippen molar-refractivity contribution in [1.29, 1.82) is 5.26 Å². The van der Waals surface area contributed by atoms with Gasteiger partial charge in [-0.1, -0.05) is 55.8 Å². The Kier molecular flexibility index (Phi) is 6.27. The lowest BCUT2D eigenvalue weighted by molar-refractivity contribution is -0.149. The highest BCUT2D eigenvalue weighted by Gasteiger charge is 2.62. The number of esters is 1. The Morgan fingerprint density at radius 2 is 1.90 bits per heavy atom. The molecule has 1 heterocycles. The molecule has 0 N–H and O–H groups in total. The molecule has 0 spiro atoms. The van der Waals surface area contributed by atoms with E-state index in [-0.39, 0.29) is 11.6 Å². The number of alkyl halides is 3. The van der Waals surface area contributed by atoms with Crippen molar-refractivity contribution in [2.24, 2.45) is 17.3 Å². The summed E-state index contributed by atoms with van der Waals surface area (Å²) in [6.07, 6.45) is -5.21. The Morgan fingerprint density at radius 3 is 2.52 bits per heavy atom. The molecule has 5 nitrogen and oxygen atoms in total. The molecule has 0 amide bonds. The number of carbonyl (C=O) groups is 1. The third-order valence-corrected chi connectivity index (χ3v) is 5.43. The number of benzene rings is 1. The summed E-state index contributed by atoms with van der Waals surface area (Å²) in [5.41, 5.74) is -0.642. The first-order chi connectivity index (χ1) is 14.5. The summed E-state index contributed by atoms with van der Waals surface area (Å²) in [6, 6.07) is 15.4. The van der Waals surface area contributed by atoms with Crippen molar-refractivity contribution in [3.8, 4) is 17.7 Å². The van der Waals surface area contributed by atoms with Crippen molar-refractivity contribution >= 4 is 17.6 Å². The molecular weight excluding hydrogens is 433 g/mol. The largest absolute Gasteiger partial charge is 0.440 e. The Hall–Kier alpha value is -3.05. The highest BCUT2D eigenvalue weighted by molar-refractivity contribution is 6.30. The van der Waals surface area contributed by atoms with Gasteiger partial charge in [-0.3, -0.25) is 4.79 Å². The number of ether oxygens (including phenoxy) is 2. The summed E-state index contributed by atoms with van der Waals surface area (Å²) >= 11 is 5.31. The highest BCUT2D eigenvalue weighted by Crippen LogP contribution is 2.60. The van der Waals surface area contributed by atoms with E-state index >= 15 is 0 Å². The summed E-state index contributed by atoms with van der Waals surface area (Å²) in [5.74, 6) is -1.67. The van der Waals surface area contributed by atoms with Gasteiger partial charge in [-0.25, -0.2) is 4.98 Å². The minimum atomic E-state index is -4.69. The quantitative estimate of drug-likeness (QED) is 0.509. The Bertz CT molecular complexity index is 1030. The second-order valence-corrected chi connectivity index (χ2v) is 8.01. The molecule has 3 rings (SSSR count). The summed E-state index contributed by atoms with van der Waals surface area (Å²) in [4.78, 5) is 16.8. The number of rotatable bonds is 6. The van der Waals surface area contributed by atoms with Gasteiger partial charge in [-0.15, -0.1) is 0 Å². The molecule has 1 aromatic heterocycles. The zero-order valence-electron chi connectivity index (χ0n) is 16.6. The molecule has 0 radical (unpaired) electrons. The standard InChI is InChI=1S/C22H18ClF3N2O3/c1-21(2)14(11-17(23)22(24,25)26)19(21)20(29)31-16(12-27)15-9-6-10-18(28-15)30-13-7-4-3-5-8-13/h3-11,14,16,19H,1-2H3/t14-,16-,19-/m0/s1. The van der Waals surface area contributed by atoms with Crippen LogP contribution in [-0.2, 0) is 9.53 Å². The fraction of sp³-hybridized carbons (Fsp3) is 0.318. The van der Waals surface area contributed by atoms with Crippen LogP contribution in [-0.4, -0.2) is 17.1 Å². The maximum absolute atomic E-state index is 12.7. The van der Waals surface area contributed by atoms with Crippen LogP contribution in [0.2, 0.25) is 0 Å². The molecule has 2 aromatic rings. The zero-order valence-corrected chi connectivity index (χ0v) is 17.3. The average molecular weight is 451 g/mol. The monoisotopic (exact) mass is 450 g/mol. The number of carbonyl (C=O) groups excluding carboxylic acids is 1. The van der Waals surface area contributed by atoms with E-state index in [0.29, 0.717) is 5.75 Å². The van der Waals surface area contributed by atoms with Gasteiger partial charge in [0, 0.05) is 6.07 Å². The Morgan fingerprint density at radius 1 is 1.23 bits per heavy atom.